The first kappa shape index (κ1) is 15.0. The van der Waals surface area contributed by atoms with Crippen LogP contribution >= 0.6 is 0 Å². The van der Waals surface area contributed by atoms with Gasteiger partial charge in [0.2, 0.25) is 0 Å². The van der Waals surface area contributed by atoms with Gasteiger partial charge in [0.1, 0.15) is 6.61 Å². The van der Waals surface area contributed by atoms with E-state index in [1.165, 1.54) is 4.68 Å². The highest BCUT2D eigenvalue weighted by Crippen LogP contribution is 2.25. The fraction of sp³-hybridized carbons (Fsp3) is 0.364. The number of nitrogens with two attached hydrogens (primary N) is 2. The lowest BCUT2D eigenvalue weighted by Crippen LogP contribution is -2.19. The molecule has 0 aliphatic heterocycles. The third kappa shape index (κ3) is 4.05. The van der Waals surface area contributed by atoms with Gasteiger partial charge in [-0.2, -0.15) is 13.2 Å². The lowest BCUT2D eigenvalue weighted by Gasteiger charge is -2.09. The molecule has 10 heteroatoms. The number of hydrogen-bond donors (Lipinski definition) is 2. The van der Waals surface area contributed by atoms with Crippen LogP contribution < -0.4 is 11.5 Å². The molecule has 7 nitrogen and oxygen atoms in total. The highest BCUT2D eigenvalue weighted by molar-refractivity contribution is 5.74. The molecule has 1 aromatic heterocycles. The van der Waals surface area contributed by atoms with Crippen LogP contribution in [0.2, 0.25) is 0 Å². The van der Waals surface area contributed by atoms with Gasteiger partial charge in [0, 0.05) is 16.9 Å². The number of nitrogen functional groups attached to an aromatic ring is 2. The van der Waals surface area contributed by atoms with Crippen molar-refractivity contribution in [3.05, 3.63) is 18.2 Å². The highest BCUT2D eigenvalue weighted by Gasteiger charge is 2.27. The molecule has 2 aromatic rings. The number of anilines is 2. The summed E-state index contributed by atoms with van der Waals surface area (Å²) in [4.78, 5) is 0. The molecule has 0 saturated heterocycles. The average molecular weight is 302 g/mol. The maximum atomic E-state index is 12.0. The van der Waals surface area contributed by atoms with Crippen LogP contribution in [0.1, 0.15) is 0 Å². The van der Waals surface area contributed by atoms with Crippen LogP contribution in [-0.2, 0) is 11.3 Å². The van der Waals surface area contributed by atoms with E-state index in [4.69, 9.17) is 11.5 Å². The second-order valence-electron chi connectivity index (χ2n) is 4.24. The molecular formula is C11H13F3N6O. The normalized spacial score (nSPS) is 11.8. The van der Waals surface area contributed by atoms with Gasteiger partial charge >= 0.3 is 6.18 Å². The van der Waals surface area contributed by atoms with E-state index in [-0.39, 0.29) is 13.2 Å². The van der Waals surface area contributed by atoms with Gasteiger partial charge in [-0.3, -0.25) is 0 Å². The predicted molar refractivity (Wildman–Crippen MR) is 69.0 cm³/mol. The number of hydrogen-bond acceptors (Lipinski definition) is 6. The minimum Gasteiger partial charge on any atom is -0.399 e. The Kier molecular flexibility index (Phi) is 4.26. The van der Waals surface area contributed by atoms with E-state index in [1.54, 1.807) is 18.2 Å². The maximum Gasteiger partial charge on any atom is 0.411 e. The van der Waals surface area contributed by atoms with E-state index in [2.05, 4.69) is 20.3 Å². The summed E-state index contributed by atoms with van der Waals surface area (Å²) >= 11 is 0. The maximum absolute atomic E-state index is 12.0. The van der Waals surface area contributed by atoms with E-state index in [0.29, 0.717) is 22.8 Å². The van der Waals surface area contributed by atoms with Gasteiger partial charge in [0.15, 0.2) is 5.82 Å². The Balaban J connectivity index is 2.05. The van der Waals surface area contributed by atoms with Crippen molar-refractivity contribution in [1.29, 1.82) is 0 Å². The second kappa shape index (κ2) is 5.95. The van der Waals surface area contributed by atoms with E-state index in [1.807, 2.05) is 0 Å². The summed E-state index contributed by atoms with van der Waals surface area (Å²) in [5, 5.41) is 11.0. The minimum absolute atomic E-state index is 0.0717. The first-order chi connectivity index (χ1) is 9.87. The summed E-state index contributed by atoms with van der Waals surface area (Å²) in [6, 6.07) is 4.82. The number of tetrazole rings is 1. The first-order valence-electron chi connectivity index (χ1n) is 5.93. The third-order valence-electron chi connectivity index (χ3n) is 2.56. The molecule has 21 heavy (non-hydrogen) atoms. The SMILES string of the molecule is Nc1ccc(-c2nnnn2CCOCC(F)(F)F)c(N)c1. The van der Waals surface area contributed by atoms with Crippen molar-refractivity contribution in [3.8, 4) is 11.4 Å². The van der Waals surface area contributed by atoms with Crippen molar-refractivity contribution in [1.82, 2.24) is 20.2 Å². The molecule has 0 saturated carbocycles. The Bertz CT molecular complexity index is 612. The summed E-state index contributed by atoms with van der Waals surface area (Å²) in [5.74, 6) is 0.336. The fourth-order valence-corrected chi connectivity index (χ4v) is 1.67. The number of nitrogens with zero attached hydrogens (tertiary/aromatic N) is 4. The summed E-state index contributed by atoms with van der Waals surface area (Å²) in [5.41, 5.74) is 12.8. The number of rotatable bonds is 5. The van der Waals surface area contributed by atoms with Crippen LogP contribution in [0.3, 0.4) is 0 Å². The van der Waals surface area contributed by atoms with Crippen LogP contribution in [0, 0.1) is 0 Å². The molecule has 0 spiro atoms. The zero-order valence-electron chi connectivity index (χ0n) is 10.8. The molecule has 0 fully saturated rings. The molecular weight excluding hydrogens is 289 g/mol. The van der Waals surface area contributed by atoms with Crippen molar-refractivity contribution in [2.45, 2.75) is 12.7 Å². The van der Waals surface area contributed by atoms with Gasteiger partial charge in [-0.15, -0.1) is 5.10 Å². The van der Waals surface area contributed by atoms with Gasteiger partial charge in [0.05, 0.1) is 13.2 Å². The number of halogens is 3. The number of aromatic nitrogens is 4. The second-order valence-corrected chi connectivity index (χ2v) is 4.24. The molecule has 0 aliphatic rings. The summed E-state index contributed by atoms with van der Waals surface area (Å²) in [6.07, 6.45) is -4.36. The van der Waals surface area contributed by atoms with Crippen molar-refractivity contribution < 1.29 is 17.9 Å². The smallest absolute Gasteiger partial charge is 0.399 e. The molecule has 0 atom stereocenters. The van der Waals surface area contributed by atoms with E-state index < -0.39 is 12.8 Å². The molecule has 0 radical (unpaired) electrons. The van der Waals surface area contributed by atoms with Crippen LogP contribution in [0.5, 0.6) is 0 Å². The quantitative estimate of drug-likeness (QED) is 0.632. The summed E-state index contributed by atoms with van der Waals surface area (Å²) < 4.78 is 41.7. The van der Waals surface area contributed by atoms with Crippen molar-refractivity contribution in [2.24, 2.45) is 0 Å². The zero-order chi connectivity index (χ0) is 15.5. The fourth-order valence-electron chi connectivity index (χ4n) is 1.67. The Hall–Kier alpha value is -2.36. The third-order valence-corrected chi connectivity index (χ3v) is 2.56. The predicted octanol–water partition coefficient (Wildman–Crippen LogP) is 1.08. The Morgan fingerprint density at radius 1 is 1.24 bits per heavy atom. The van der Waals surface area contributed by atoms with Gasteiger partial charge in [0.25, 0.3) is 0 Å². The van der Waals surface area contributed by atoms with Gasteiger partial charge in [-0.05, 0) is 28.6 Å². The summed E-state index contributed by atoms with van der Waals surface area (Å²) in [7, 11) is 0. The Morgan fingerprint density at radius 3 is 2.67 bits per heavy atom. The van der Waals surface area contributed by atoms with Crippen LogP contribution in [-0.4, -0.2) is 39.6 Å². The Labute approximate surface area is 117 Å². The van der Waals surface area contributed by atoms with Crippen molar-refractivity contribution >= 4 is 11.4 Å². The number of benzene rings is 1. The van der Waals surface area contributed by atoms with Crippen LogP contribution in [0.4, 0.5) is 24.5 Å². The van der Waals surface area contributed by atoms with Gasteiger partial charge in [-0.25, -0.2) is 4.68 Å². The number of alkyl halides is 3. The van der Waals surface area contributed by atoms with Crippen LogP contribution in [0.15, 0.2) is 18.2 Å². The average Bonchev–Trinajstić information content (AvgIpc) is 2.82. The van der Waals surface area contributed by atoms with Crippen molar-refractivity contribution in [2.75, 3.05) is 24.7 Å². The highest BCUT2D eigenvalue weighted by atomic mass is 19.4. The molecule has 114 valence electrons. The van der Waals surface area contributed by atoms with Crippen LogP contribution in [0.25, 0.3) is 11.4 Å². The van der Waals surface area contributed by atoms with Gasteiger partial charge < -0.3 is 16.2 Å². The molecule has 0 unspecified atom stereocenters. The van der Waals surface area contributed by atoms with E-state index >= 15 is 0 Å². The lowest BCUT2D eigenvalue weighted by atomic mass is 10.1. The molecule has 1 aromatic carbocycles. The minimum atomic E-state index is -4.36. The summed E-state index contributed by atoms with van der Waals surface area (Å²) in [6.45, 7) is -1.41. The number of ether oxygens (including phenoxy) is 1. The molecule has 1 heterocycles. The van der Waals surface area contributed by atoms with Gasteiger partial charge in [-0.1, -0.05) is 0 Å². The lowest BCUT2D eigenvalue weighted by molar-refractivity contribution is -0.174. The molecule has 0 amide bonds. The molecule has 0 aliphatic carbocycles. The molecule has 2 rings (SSSR count). The van der Waals surface area contributed by atoms with E-state index in [0.717, 1.165) is 0 Å². The largest absolute Gasteiger partial charge is 0.411 e. The molecule has 0 bridgehead atoms. The monoisotopic (exact) mass is 302 g/mol. The standard InChI is InChI=1S/C11H13F3N6O/c12-11(13,14)6-21-4-3-20-10(17-18-19-20)8-2-1-7(15)5-9(8)16/h1-2,5H,3-4,6,15-16H2. The Morgan fingerprint density at radius 2 is 2.00 bits per heavy atom. The van der Waals surface area contributed by atoms with E-state index in [9.17, 15) is 13.2 Å². The van der Waals surface area contributed by atoms with Crippen molar-refractivity contribution in [3.63, 3.8) is 0 Å². The topological polar surface area (TPSA) is 105 Å². The first-order valence-corrected chi connectivity index (χ1v) is 5.93. The zero-order valence-corrected chi connectivity index (χ0v) is 10.8. The molecule has 4 N–H and O–H groups in total.